The maximum atomic E-state index is 10.9. The predicted molar refractivity (Wildman–Crippen MR) is 158 cm³/mol. The van der Waals surface area contributed by atoms with Crippen LogP contribution in [0.3, 0.4) is 0 Å². The van der Waals surface area contributed by atoms with E-state index in [1.54, 1.807) is 24.3 Å². The molecule has 218 valence electrons. The fourth-order valence-electron chi connectivity index (χ4n) is 4.05. The van der Waals surface area contributed by atoms with E-state index in [4.69, 9.17) is 28.6 Å². The predicted octanol–water partition coefficient (Wildman–Crippen LogP) is 7.74. The van der Waals surface area contributed by atoms with Gasteiger partial charge in [0.2, 0.25) is 0 Å². The van der Waals surface area contributed by atoms with Gasteiger partial charge in [-0.3, -0.25) is 19.6 Å². The molecular formula is C28H46CaO8P2. The van der Waals surface area contributed by atoms with Crippen molar-refractivity contribution >= 4 is 53.4 Å². The van der Waals surface area contributed by atoms with Crippen LogP contribution < -0.4 is 9.05 Å². The van der Waals surface area contributed by atoms with Gasteiger partial charge < -0.3 is 9.05 Å². The largest absolute Gasteiger partial charge is 0.524 e. The molecular weight excluding hydrogens is 566 g/mol. The van der Waals surface area contributed by atoms with Gasteiger partial charge in [-0.15, -0.1) is 0 Å². The van der Waals surface area contributed by atoms with Crippen LogP contribution in [0.2, 0.25) is 0 Å². The first-order valence-electron chi connectivity index (χ1n) is 13.7. The minimum atomic E-state index is -4.47. The Labute approximate surface area is 264 Å². The van der Waals surface area contributed by atoms with E-state index in [0.29, 0.717) is 11.5 Å². The molecule has 0 heterocycles. The Morgan fingerprint density at radius 2 is 0.846 bits per heavy atom. The van der Waals surface area contributed by atoms with Crippen LogP contribution in [-0.2, 0) is 22.0 Å². The van der Waals surface area contributed by atoms with Crippen molar-refractivity contribution in [3.63, 3.8) is 0 Å². The third-order valence-electron chi connectivity index (χ3n) is 5.98. The van der Waals surface area contributed by atoms with Crippen LogP contribution in [0.25, 0.3) is 0 Å². The monoisotopic (exact) mass is 612 g/mol. The quantitative estimate of drug-likeness (QED) is 0.0763. The molecule has 2 radical (unpaired) electrons. The van der Waals surface area contributed by atoms with Gasteiger partial charge in [-0.25, -0.2) is 9.13 Å². The number of hydrogen-bond donors (Lipinski definition) is 4. The standard InChI is InChI=1S/2C14H23O4P.Ca/c2*1-2-3-4-5-6-7-10-13-11-8-9-12-14(13)18-19(15,16)17;/h2*8-9,11-12H,2-7,10H2,1H3,(H2,15,16,17);. The molecule has 4 N–H and O–H groups in total. The molecule has 11 heteroatoms. The van der Waals surface area contributed by atoms with E-state index in [1.807, 2.05) is 24.3 Å². The molecule has 0 aliphatic rings. The van der Waals surface area contributed by atoms with E-state index in [-0.39, 0.29) is 37.7 Å². The van der Waals surface area contributed by atoms with Crippen LogP contribution in [0.5, 0.6) is 11.5 Å². The summed E-state index contributed by atoms with van der Waals surface area (Å²) in [5.41, 5.74) is 1.72. The summed E-state index contributed by atoms with van der Waals surface area (Å²) in [5.74, 6) is 0.591. The topological polar surface area (TPSA) is 134 Å². The minimum absolute atomic E-state index is 0. The first kappa shape index (κ1) is 38.6. The van der Waals surface area contributed by atoms with E-state index in [0.717, 1.165) is 49.7 Å². The molecule has 0 saturated carbocycles. The Balaban J connectivity index is 0.000000722. The second-order valence-corrected chi connectivity index (χ2v) is 11.7. The summed E-state index contributed by atoms with van der Waals surface area (Å²) >= 11 is 0. The normalized spacial score (nSPS) is 11.2. The first-order valence-corrected chi connectivity index (χ1v) is 16.8. The zero-order chi connectivity index (χ0) is 28.3. The maximum Gasteiger partial charge on any atom is 0.524 e. The molecule has 0 spiro atoms. The molecule has 0 aliphatic carbocycles. The van der Waals surface area contributed by atoms with Gasteiger partial charge in [0, 0.05) is 37.7 Å². The zero-order valence-electron chi connectivity index (χ0n) is 23.5. The van der Waals surface area contributed by atoms with Crippen LogP contribution in [0.1, 0.15) is 102 Å². The van der Waals surface area contributed by atoms with Crippen molar-refractivity contribution in [2.24, 2.45) is 0 Å². The molecule has 2 aromatic rings. The van der Waals surface area contributed by atoms with Crippen molar-refractivity contribution in [3.8, 4) is 11.5 Å². The molecule has 0 bridgehead atoms. The van der Waals surface area contributed by atoms with Crippen LogP contribution in [0.4, 0.5) is 0 Å². The van der Waals surface area contributed by atoms with Crippen molar-refractivity contribution < 1.29 is 37.8 Å². The molecule has 39 heavy (non-hydrogen) atoms. The van der Waals surface area contributed by atoms with Crippen molar-refractivity contribution in [1.29, 1.82) is 0 Å². The maximum absolute atomic E-state index is 10.9. The third kappa shape index (κ3) is 21.0. The average Bonchev–Trinajstić information content (AvgIpc) is 2.84. The number of benzene rings is 2. The van der Waals surface area contributed by atoms with E-state index in [2.05, 4.69) is 13.8 Å². The summed E-state index contributed by atoms with van der Waals surface area (Å²) in [4.78, 5) is 35.4. The minimum Gasteiger partial charge on any atom is -0.404 e. The van der Waals surface area contributed by atoms with Crippen LogP contribution >= 0.6 is 15.6 Å². The smallest absolute Gasteiger partial charge is 0.404 e. The van der Waals surface area contributed by atoms with Crippen LogP contribution in [0, 0.1) is 0 Å². The van der Waals surface area contributed by atoms with Crippen molar-refractivity contribution in [2.75, 3.05) is 0 Å². The van der Waals surface area contributed by atoms with Gasteiger partial charge in [0.15, 0.2) is 0 Å². The van der Waals surface area contributed by atoms with E-state index in [1.165, 1.54) is 51.4 Å². The van der Waals surface area contributed by atoms with Crippen molar-refractivity contribution in [2.45, 2.75) is 104 Å². The number of rotatable bonds is 18. The summed E-state index contributed by atoms with van der Waals surface area (Å²) in [5, 5.41) is 0. The number of hydrogen-bond acceptors (Lipinski definition) is 4. The van der Waals surface area contributed by atoms with Gasteiger partial charge in [-0.05, 0) is 48.9 Å². The average molecular weight is 613 g/mol. The van der Waals surface area contributed by atoms with Gasteiger partial charge in [0.05, 0.1) is 0 Å². The molecule has 8 nitrogen and oxygen atoms in total. The Bertz CT molecular complexity index is 914. The Morgan fingerprint density at radius 3 is 1.18 bits per heavy atom. The SMILES string of the molecule is CCCCCCCCc1ccccc1OP(=O)(O)O.CCCCCCCCc1ccccc1OP(=O)(O)O.[Ca]. The number of phosphoric acid groups is 2. The number of unbranched alkanes of at least 4 members (excludes halogenated alkanes) is 10. The summed E-state index contributed by atoms with van der Waals surface area (Å²) in [6.45, 7) is 4.38. The van der Waals surface area contributed by atoms with Gasteiger partial charge in [-0.1, -0.05) is 114 Å². The van der Waals surface area contributed by atoms with Gasteiger partial charge in [0.1, 0.15) is 11.5 Å². The second-order valence-electron chi connectivity index (χ2n) is 9.41. The molecule has 0 aliphatic heterocycles. The molecule has 0 amide bonds. The Kier molecular flexibility index (Phi) is 22.0. The zero-order valence-corrected chi connectivity index (χ0v) is 27.5. The molecule has 0 saturated heterocycles. The molecule has 0 aromatic heterocycles. The van der Waals surface area contributed by atoms with Gasteiger partial charge >= 0.3 is 15.6 Å². The van der Waals surface area contributed by atoms with Crippen molar-refractivity contribution in [3.05, 3.63) is 59.7 Å². The fourth-order valence-corrected chi connectivity index (χ4v) is 4.92. The van der Waals surface area contributed by atoms with Crippen LogP contribution in [0.15, 0.2) is 48.5 Å². The van der Waals surface area contributed by atoms with E-state index >= 15 is 0 Å². The van der Waals surface area contributed by atoms with Gasteiger partial charge in [-0.2, -0.15) is 0 Å². The number of phosphoric ester groups is 2. The molecule has 0 atom stereocenters. The molecule has 0 unspecified atom stereocenters. The molecule has 2 aromatic carbocycles. The Hall–Kier alpha value is -0.400. The molecule has 2 rings (SSSR count). The molecule has 0 fully saturated rings. The fraction of sp³-hybridized carbons (Fsp3) is 0.571. The Morgan fingerprint density at radius 1 is 0.538 bits per heavy atom. The number of para-hydroxylation sites is 2. The summed E-state index contributed by atoms with van der Waals surface area (Å²) in [6.07, 6.45) is 15.9. The van der Waals surface area contributed by atoms with Crippen molar-refractivity contribution in [1.82, 2.24) is 0 Å². The summed E-state index contributed by atoms with van der Waals surface area (Å²) in [7, 11) is -8.94. The van der Waals surface area contributed by atoms with Gasteiger partial charge in [0.25, 0.3) is 0 Å². The number of aryl methyl sites for hydroxylation is 2. The van der Waals surface area contributed by atoms with E-state index < -0.39 is 15.6 Å². The summed E-state index contributed by atoms with van der Waals surface area (Å²) in [6, 6.07) is 14.1. The first-order chi connectivity index (χ1) is 18.1. The summed E-state index contributed by atoms with van der Waals surface area (Å²) < 4.78 is 31.1. The third-order valence-corrected chi connectivity index (χ3v) is 6.85. The second kappa shape index (κ2) is 22.2. The van der Waals surface area contributed by atoms with Crippen LogP contribution in [-0.4, -0.2) is 57.3 Å². The van der Waals surface area contributed by atoms with E-state index in [9.17, 15) is 9.13 Å².